The summed E-state index contributed by atoms with van der Waals surface area (Å²) in [5.74, 6) is -0.340. The Bertz CT molecular complexity index is 785. The van der Waals surface area contributed by atoms with Gasteiger partial charge in [-0.05, 0) is 25.1 Å². The van der Waals surface area contributed by atoms with Crippen LogP contribution in [-0.4, -0.2) is 22.5 Å². The summed E-state index contributed by atoms with van der Waals surface area (Å²) in [5.41, 5.74) is 3.75. The Balaban J connectivity index is 2.01. The number of benzene rings is 2. The van der Waals surface area contributed by atoms with Gasteiger partial charge in [0.15, 0.2) is 0 Å². The maximum Gasteiger partial charge on any atom is 0.338 e. The summed E-state index contributed by atoms with van der Waals surface area (Å²) in [6.45, 7) is 2.14. The fraction of sp³-hybridized carbons (Fsp3) is 0.118. The Morgan fingerprint density at radius 3 is 2.67 bits per heavy atom. The molecule has 0 saturated heterocycles. The minimum Gasteiger partial charge on any atom is -0.462 e. The van der Waals surface area contributed by atoms with E-state index in [2.05, 4.69) is 9.97 Å². The van der Waals surface area contributed by atoms with Crippen molar-refractivity contribution in [3.8, 4) is 11.3 Å². The van der Waals surface area contributed by atoms with Crippen LogP contribution in [0.3, 0.4) is 0 Å². The maximum atomic E-state index is 11.7. The Morgan fingerprint density at radius 1 is 1.10 bits per heavy atom. The fourth-order valence-electron chi connectivity index (χ4n) is 2.10. The van der Waals surface area contributed by atoms with E-state index in [1.807, 2.05) is 30.3 Å². The van der Waals surface area contributed by atoms with Crippen molar-refractivity contribution in [2.24, 2.45) is 0 Å². The Morgan fingerprint density at radius 2 is 1.90 bits per heavy atom. The van der Waals surface area contributed by atoms with Crippen LogP contribution < -0.4 is 0 Å². The molecule has 1 aromatic heterocycles. The first-order chi connectivity index (χ1) is 10.3. The molecule has 0 spiro atoms. The van der Waals surface area contributed by atoms with Crippen LogP contribution in [0, 0.1) is 0 Å². The molecule has 0 amide bonds. The fourth-order valence-corrected chi connectivity index (χ4v) is 2.10. The van der Waals surface area contributed by atoms with Crippen LogP contribution in [0.5, 0.6) is 0 Å². The first-order valence-electron chi connectivity index (χ1n) is 6.77. The highest BCUT2D eigenvalue weighted by Crippen LogP contribution is 2.19. The van der Waals surface area contributed by atoms with Crippen molar-refractivity contribution in [3.63, 3.8) is 0 Å². The molecule has 0 bridgehead atoms. The van der Waals surface area contributed by atoms with Crippen molar-refractivity contribution in [2.45, 2.75) is 6.92 Å². The lowest BCUT2D eigenvalue weighted by Crippen LogP contribution is -2.04. The predicted molar refractivity (Wildman–Crippen MR) is 80.9 cm³/mol. The minimum absolute atomic E-state index is 0.340. The van der Waals surface area contributed by atoms with Gasteiger partial charge in [-0.15, -0.1) is 0 Å². The lowest BCUT2D eigenvalue weighted by molar-refractivity contribution is 0.0526. The summed E-state index contributed by atoms with van der Waals surface area (Å²) in [4.78, 5) is 20.7. The van der Waals surface area contributed by atoms with Gasteiger partial charge < -0.3 is 4.74 Å². The molecule has 21 heavy (non-hydrogen) atoms. The average Bonchev–Trinajstić information content (AvgIpc) is 2.55. The molecule has 0 atom stereocenters. The number of rotatable bonds is 3. The zero-order chi connectivity index (χ0) is 14.7. The van der Waals surface area contributed by atoms with Crippen LogP contribution >= 0.6 is 0 Å². The van der Waals surface area contributed by atoms with E-state index < -0.39 is 0 Å². The molecule has 0 aliphatic carbocycles. The van der Waals surface area contributed by atoms with Crippen molar-refractivity contribution in [1.29, 1.82) is 0 Å². The molecule has 0 aliphatic rings. The first kappa shape index (κ1) is 13.2. The van der Waals surface area contributed by atoms with Crippen LogP contribution in [0.2, 0.25) is 0 Å². The van der Waals surface area contributed by atoms with Crippen LogP contribution in [-0.2, 0) is 4.74 Å². The predicted octanol–water partition coefficient (Wildman–Crippen LogP) is 3.47. The summed E-state index contributed by atoms with van der Waals surface area (Å²) >= 11 is 0. The molecule has 2 aromatic carbocycles. The highest BCUT2D eigenvalue weighted by Gasteiger charge is 2.09. The zero-order valence-corrected chi connectivity index (χ0v) is 11.6. The largest absolute Gasteiger partial charge is 0.462 e. The van der Waals surface area contributed by atoms with E-state index in [0.29, 0.717) is 17.7 Å². The van der Waals surface area contributed by atoms with E-state index in [0.717, 1.165) is 16.8 Å². The summed E-state index contributed by atoms with van der Waals surface area (Å²) in [6.07, 6.45) is 1.71. The first-order valence-corrected chi connectivity index (χ1v) is 6.77. The van der Waals surface area contributed by atoms with Gasteiger partial charge >= 0.3 is 5.97 Å². The number of esters is 1. The second-order valence-corrected chi connectivity index (χ2v) is 4.55. The molecular formula is C17H14N2O2. The molecule has 0 radical (unpaired) electrons. The van der Waals surface area contributed by atoms with Gasteiger partial charge in [-0.2, -0.15) is 0 Å². The van der Waals surface area contributed by atoms with Crippen LogP contribution in [0.25, 0.3) is 22.3 Å². The van der Waals surface area contributed by atoms with Gasteiger partial charge in [0, 0.05) is 5.56 Å². The van der Waals surface area contributed by atoms with Crippen molar-refractivity contribution in [2.75, 3.05) is 6.61 Å². The number of nitrogens with zero attached hydrogens (tertiary/aromatic N) is 2. The van der Waals surface area contributed by atoms with Crippen molar-refractivity contribution in [1.82, 2.24) is 9.97 Å². The quantitative estimate of drug-likeness (QED) is 0.688. The monoisotopic (exact) mass is 278 g/mol. The minimum atomic E-state index is -0.340. The van der Waals surface area contributed by atoms with E-state index >= 15 is 0 Å². The highest BCUT2D eigenvalue weighted by atomic mass is 16.5. The van der Waals surface area contributed by atoms with E-state index in [-0.39, 0.29) is 5.97 Å². The van der Waals surface area contributed by atoms with E-state index in [1.54, 1.807) is 31.3 Å². The van der Waals surface area contributed by atoms with E-state index in [1.165, 1.54) is 0 Å². The standard InChI is InChI=1S/C17H14N2O2/c1-2-21-17(20)13-8-9-14-15(10-13)18-11-16(19-14)12-6-4-3-5-7-12/h3-11H,2H2,1H3. The van der Waals surface area contributed by atoms with Crippen LogP contribution in [0.1, 0.15) is 17.3 Å². The molecule has 0 fully saturated rings. The molecule has 0 unspecified atom stereocenters. The third kappa shape index (κ3) is 2.74. The summed E-state index contributed by atoms with van der Waals surface area (Å²) in [6, 6.07) is 15.1. The number of aromatic nitrogens is 2. The Hall–Kier alpha value is -2.75. The topological polar surface area (TPSA) is 52.1 Å². The number of ether oxygens (including phenoxy) is 1. The van der Waals surface area contributed by atoms with Crippen LogP contribution in [0.15, 0.2) is 54.7 Å². The number of fused-ring (bicyclic) bond motifs is 1. The van der Waals surface area contributed by atoms with Gasteiger partial charge in [0.25, 0.3) is 0 Å². The summed E-state index contributed by atoms with van der Waals surface area (Å²) in [7, 11) is 0. The lowest BCUT2D eigenvalue weighted by Gasteiger charge is -2.05. The summed E-state index contributed by atoms with van der Waals surface area (Å²) in [5, 5.41) is 0. The Kier molecular flexibility index (Phi) is 3.60. The van der Waals surface area contributed by atoms with Gasteiger partial charge in [0.2, 0.25) is 0 Å². The molecule has 3 rings (SSSR count). The Labute approximate surface area is 122 Å². The summed E-state index contributed by atoms with van der Waals surface area (Å²) < 4.78 is 4.98. The van der Waals surface area contributed by atoms with Gasteiger partial charge in [0.05, 0.1) is 35.1 Å². The number of carbonyl (C=O) groups is 1. The zero-order valence-electron chi connectivity index (χ0n) is 11.6. The molecule has 4 nitrogen and oxygen atoms in total. The third-order valence-corrected chi connectivity index (χ3v) is 3.12. The molecule has 0 N–H and O–H groups in total. The molecular weight excluding hydrogens is 264 g/mol. The average molecular weight is 278 g/mol. The van der Waals surface area contributed by atoms with E-state index in [4.69, 9.17) is 4.74 Å². The third-order valence-electron chi connectivity index (χ3n) is 3.12. The normalized spacial score (nSPS) is 10.5. The van der Waals surface area contributed by atoms with Crippen molar-refractivity contribution < 1.29 is 9.53 Å². The van der Waals surface area contributed by atoms with Gasteiger partial charge in [-0.3, -0.25) is 4.98 Å². The van der Waals surface area contributed by atoms with Crippen molar-refractivity contribution in [3.05, 3.63) is 60.3 Å². The number of carbonyl (C=O) groups excluding carboxylic acids is 1. The van der Waals surface area contributed by atoms with E-state index in [9.17, 15) is 4.79 Å². The second kappa shape index (κ2) is 5.71. The molecule has 4 heteroatoms. The van der Waals surface area contributed by atoms with Crippen LogP contribution in [0.4, 0.5) is 0 Å². The molecule has 0 saturated carbocycles. The molecule has 1 heterocycles. The highest BCUT2D eigenvalue weighted by molar-refractivity contribution is 5.93. The van der Waals surface area contributed by atoms with Gasteiger partial charge in [-0.1, -0.05) is 30.3 Å². The molecule has 104 valence electrons. The van der Waals surface area contributed by atoms with Gasteiger partial charge in [0.1, 0.15) is 0 Å². The smallest absolute Gasteiger partial charge is 0.338 e. The molecule has 0 aliphatic heterocycles. The number of hydrogen-bond acceptors (Lipinski definition) is 4. The van der Waals surface area contributed by atoms with Crippen molar-refractivity contribution >= 4 is 17.0 Å². The number of hydrogen-bond donors (Lipinski definition) is 0. The SMILES string of the molecule is CCOC(=O)c1ccc2nc(-c3ccccc3)cnc2c1. The van der Waals surface area contributed by atoms with Gasteiger partial charge in [-0.25, -0.2) is 9.78 Å². The molecule has 3 aromatic rings. The second-order valence-electron chi connectivity index (χ2n) is 4.55. The maximum absolute atomic E-state index is 11.7. The lowest BCUT2D eigenvalue weighted by atomic mass is 10.1.